The van der Waals surface area contributed by atoms with Crippen molar-refractivity contribution in [2.24, 2.45) is 0 Å². The normalized spacial score (nSPS) is 11.4. The van der Waals surface area contributed by atoms with Crippen LogP contribution in [0.5, 0.6) is 5.75 Å². The van der Waals surface area contributed by atoms with Crippen molar-refractivity contribution in [2.75, 3.05) is 40.5 Å². The van der Waals surface area contributed by atoms with Gasteiger partial charge >= 0.3 is 5.63 Å². The molecule has 1 heterocycles. The first kappa shape index (κ1) is 21.3. The van der Waals surface area contributed by atoms with Crippen molar-refractivity contribution in [1.29, 1.82) is 0 Å². The van der Waals surface area contributed by atoms with Crippen LogP contribution in [0.2, 0.25) is 5.02 Å². The molecule has 2 aromatic carbocycles. The molecule has 0 fully saturated rings. The standard InChI is InChI=1S/C22H24ClNO5/c1-27-11-9-24(10-12-28-2)14-19-20(25)8-5-16-13-18(22(26)29-21(16)19)15-3-6-17(23)7-4-15/h3-8,13,25H,9-12,14H2,1-2H3. The third kappa shape index (κ3) is 5.16. The number of aromatic hydroxyl groups is 1. The van der Waals surface area contributed by atoms with Crippen LogP contribution in [0, 0.1) is 0 Å². The second-order valence-electron chi connectivity index (χ2n) is 6.70. The van der Waals surface area contributed by atoms with Crippen LogP contribution in [0.15, 0.2) is 51.7 Å². The van der Waals surface area contributed by atoms with Crippen LogP contribution in [0.4, 0.5) is 0 Å². The Bertz CT molecular complexity index is 1010. The number of hydrogen-bond acceptors (Lipinski definition) is 6. The summed E-state index contributed by atoms with van der Waals surface area (Å²) < 4.78 is 16.0. The van der Waals surface area contributed by atoms with Crippen molar-refractivity contribution in [2.45, 2.75) is 6.54 Å². The lowest BCUT2D eigenvalue weighted by molar-refractivity contribution is 0.110. The molecule has 154 valence electrons. The monoisotopic (exact) mass is 417 g/mol. The predicted molar refractivity (Wildman–Crippen MR) is 114 cm³/mol. The summed E-state index contributed by atoms with van der Waals surface area (Å²) in [5.74, 6) is 0.0831. The number of phenols is 1. The molecular formula is C22H24ClNO5. The summed E-state index contributed by atoms with van der Waals surface area (Å²) in [4.78, 5) is 14.8. The molecule has 0 unspecified atom stereocenters. The van der Waals surface area contributed by atoms with Crippen LogP contribution in [-0.4, -0.2) is 50.5 Å². The maximum atomic E-state index is 12.7. The molecule has 6 nitrogen and oxygen atoms in total. The van der Waals surface area contributed by atoms with Crippen molar-refractivity contribution in [3.05, 3.63) is 63.5 Å². The SMILES string of the molecule is COCCN(CCOC)Cc1c(O)ccc2cc(-c3ccc(Cl)cc3)c(=O)oc12. The van der Waals surface area contributed by atoms with E-state index in [0.717, 1.165) is 10.9 Å². The summed E-state index contributed by atoms with van der Waals surface area (Å²) in [7, 11) is 3.28. The van der Waals surface area contributed by atoms with Crippen LogP contribution < -0.4 is 5.63 Å². The summed E-state index contributed by atoms with van der Waals surface area (Å²) in [5.41, 5.74) is 1.65. The van der Waals surface area contributed by atoms with Gasteiger partial charge in [0, 0.05) is 44.3 Å². The fourth-order valence-corrected chi connectivity index (χ4v) is 3.28. The highest BCUT2D eigenvalue weighted by Crippen LogP contribution is 2.30. The average Bonchev–Trinajstić information content (AvgIpc) is 2.72. The second-order valence-corrected chi connectivity index (χ2v) is 7.13. The zero-order chi connectivity index (χ0) is 20.8. The number of rotatable bonds is 9. The molecule has 0 aliphatic heterocycles. The molecule has 1 aromatic heterocycles. The molecule has 0 atom stereocenters. The molecule has 0 saturated heterocycles. The topological polar surface area (TPSA) is 72.1 Å². The average molecular weight is 418 g/mol. The number of methoxy groups -OCH3 is 2. The largest absolute Gasteiger partial charge is 0.507 e. The fourth-order valence-electron chi connectivity index (χ4n) is 3.15. The molecule has 1 N–H and O–H groups in total. The van der Waals surface area contributed by atoms with Crippen molar-refractivity contribution in [3.63, 3.8) is 0 Å². The molecule has 0 bridgehead atoms. The highest BCUT2D eigenvalue weighted by Gasteiger charge is 2.17. The first-order valence-corrected chi connectivity index (χ1v) is 9.66. The third-order valence-electron chi connectivity index (χ3n) is 4.74. The summed E-state index contributed by atoms with van der Waals surface area (Å²) in [5, 5.41) is 11.8. The van der Waals surface area contributed by atoms with Gasteiger partial charge in [0.15, 0.2) is 0 Å². The Morgan fingerprint density at radius 3 is 2.31 bits per heavy atom. The number of fused-ring (bicyclic) bond motifs is 1. The van der Waals surface area contributed by atoms with E-state index in [1.807, 2.05) is 0 Å². The third-order valence-corrected chi connectivity index (χ3v) is 4.99. The molecule has 0 spiro atoms. The molecule has 0 aliphatic carbocycles. The Balaban J connectivity index is 2.01. The quantitative estimate of drug-likeness (QED) is 0.532. The maximum absolute atomic E-state index is 12.7. The molecule has 0 saturated carbocycles. The van der Waals surface area contributed by atoms with E-state index in [-0.39, 0.29) is 5.75 Å². The van der Waals surface area contributed by atoms with E-state index in [1.54, 1.807) is 56.7 Å². The van der Waals surface area contributed by atoms with Crippen LogP contribution >= 0.6 is 11.6 Å². The van der Waals surface area contributed by atoms with E-state index in [1.165, 1.54) is 0 Å². The Morgan fingerprint density at radius 1 is 1.03 bits per heavy atom. The van der Waals surface area contributed by atoms with Gasteiger partial charge in [-0.25, -0.2) is 4.79 Å². The van der Waals surface area contributed by atoms with E-state index >= 15 is 0 Å². The first-order valence-electron chi connectivity index (χ1n) is 9.28. The van der Waals surface area contributed by atoms with Gasteiger partial charge in [-0.05, 0) is 35.9 Å². The van der Waals surface area contributed by atoms with E-state index < -0.39 is 5.63 Å². The van der Waals surface area contributed by atoms with Crippen LogP contribution in [0.25, 0.3) is 22.1 Å². The van der Waals surface area contributed by atoms with Gasteiger partial charge in [-0.1, -0.05) is 23.7 Å². The van der Waals surface area contributed by atoms with Gasteiger partial charge in [0.05, 0.1) is 24.3 Å². The number of halogens is 1. The van der Waals surface area contributed by atoms with Gasteiger partial charge < -0.3 is 19.0 Å². The zero-order valence-electron chi connectivity index (χ0n) is 16.5. The zero-order valence-corrected chi connectivity index (χ0v) is 17.2. The summed E-state index contributed by atoms with van der Waals surface area (Å²) in [6, 6.07) is 12.2. The number of nitrogens with zero attached hydrogens (tertiary/aromatic N) is 1. The van der Waals surface area contributed by atoms with Crippen LogP contribution in [0.1, 0.15) is 5.56 Å². The molecule has 0 aliphatic rings. The van der Waals surface area contributed by atoms with Crippen molar-refractivity contribution in [3.8, 4) is 16.9 Å². The van der Waals surface area contributed by atoms with Crippen molar-refractivity contribution >= 4 is 22.6 Å². The Morgan fingerprint density at radius 2 is 1.69 bits per heavy atom. The first-order chi connectivity index (χ1) is 14.0. The summed E-state index contributed by atoms with van der Waals surface area (Å²) in [6.07, 6.45) is 0. The lowest BCUT2D eigenvalue weighted by atomic mass is 10.0. The van der Waals surface area contributed by atoms with E-state index in [4.69, 9.17) is 25.5 Å². The van der Waals surface area contributed by atoms with Gasteiger partial charge in [0.25, 0.3) is 0 Å². The second kappa shape index (κ2) is 9.89. The molecule has 29 heavy (non-hydrogen) atoms. The lowest BCUT2D eigenvalue weighted by Gasteiger charge is -2.22. The molecule has 7 heteroatoms. The highest BCUT2D eigenvalue weighted by molar-refractivity contribution is 6.30. The summed E-state index contributed by atoms with van der Waals surface area (Å²) in [6.45, 7) is 2.80. The van der Waals surface area contributed by atoms with Crippen molar-refractivity contribution in [1.82, 2.24) is 4.90 Å². The highest BCUT2D eigenvalue weighted by atomic mass is 35.5. The molecule has 3 rings (SSSR count). The molecule has 3 aromatic rings. The van der Waals surface area contributed by atoms with E-state index in [9.17, 15) is 9.90 Å². The number of ether oxygens (including phenoxy) is 2. The van der Waals surface area contributed by atoms with Gasteiger partial charge in [-0.2, -0.15) is 0 Å². The number of phenolic OH excluding ortho intramolecular Hbond substituents is 1. The number of benzene rings is 2. The minimum atomic E-state index is -0.466. The summed E-state index contributed by atoms with van der Waals surface area (Å²) >= 11 is 5.94. The Hall–Kier alpha value is -2.38. The van der Waals surface area contributed by atoms with Gasteiger partial charge in [-0.15, -0.1) is 0 Å². The van der Waals surface area contributed by atoms with Crippen LogP contribution in [0.3, 0.4) is 0 Å². The van der Waals surface area contributed by atoms with Gasteiger partial charge in [-0.3, -0.25) is 4.90 Å². The fraction of sp³-hybridized carbons (Fsp3) is 0.318. The van der Waals surface area contributed by atoms with Gasteiger partial charge in [0.1, 0.15) is 11.3 Å². The van der Waals surface area contributed by atoms with E-state index in [2.05, 4.69) is 4.90 Å². The lowest BCUT2D eigenvalue weighted by Crippen LogP contribution is -2.30. The maximum Gasteiger partial charge on any atom is 0.344 e. The Kier molecular flexibility index (Phi) is 7.28. The smallest absolute Gasteiger partial charge is 0.344 e. The molecular weight excluding hydrogens is 394 g/mol. The minimum absolute atomic E-state index is 0.0831. The van der Waals surface area contributed by atoms with Crippen molar-refractivity contribution < 1.29 is 19.0 Å². The van der Waals surface area contributed by atoms with Crippen LogP contribution in [-0.2, 0) is 16.0 Å². The molecule has 0 amide bonds. The van der Waals surface area contributed by atoms with Gasteiger partial charge in [0.2, 0.25) is 0 Å². The minimum Gasteiger partial charge on any atom is -0.507 e. The van der Waals surface area contributed by atoms with E-state index in [0.29, 0.717) is 54.6 Å². The Labute approximate surface area is 174 Å². The molecule has 0 radical (unpaired) electrons. The number of hydrogen-bond donors (Lipinski definition) is 1. The predicted octanol–water partition coefficient (Wildman–Crippen LogP) is 3.91.